The highest BCUT2D eigenvalue weighted by molar-refractivity contribution is 5.92. The van der Waals surface area contributed by atoms with Crippen molar-refractivity contribution in [1.29, 1.82) is 0 Å². The van der Waals surface area contributed by atoms with E-state index in [0.29, 0.717) is 16.0 Å². The number of nitrogens with one attached hydrogen (secondary N) is 1. The number of fused-ring (bicyclic) bond motifs is 1. The van der Waals surface area contributed by atoms with Crippen LogP contribution >= 0.6 is 0 Å². The Labute approximate surface area is 167 Å². The number of hydrogen-bond acceptors (Lipinski definition) is 6. The largest absolute Gasteiger partial charge is 0.481 e. The standard InChI is InChI=1S/C19H17N3O8/c1-10(23)20-11-4-5-13-14(7-11)21(9-12-3-2-6-30-12)19(29)22(17(13)26)15(18(27)28)8-16(24)25/h2-7,15H,8-9H2,1H3,(H,20,23)(H,24,25)(H,27,28). The summed E-state index contributed by atoms with van der Waals surface area (Å²) in [5.74, 6) is -3.13. The van der Waals surface area contributed by atoms with Gasteiger partial charge in [0.1, 0.15) is 11.8 Å². The van der Waals surface area contributed by atoms with Crippen molar-refractivity contribution in [2.75, 3.05) is 5.32 Å². The minimum absolute atomic E-state index is 0.0214. The van der Waals surface area contributed by atoms with Gasteiger partial charge in [0.2, 0.25) is 5.91 Å². The fourth-order valence-corrected chi connectivity index (χ4v) is 3.11. The van der Waals surface area contributed by atoms with Gasteiger partial charge in [-0.2, -0.15) is 0 Å². The topological polar surface area (TPSA) is 161 Å². The van der Waals surface area contributed by atoms with E-state index in [9.17, 15) is 29.1 Å². The van der Waals surface area contributed by atoms with E-state index in [0.717, 1.165) is 4.57 Å². The Morgan fingerprint density at radius 3 is 2.47 bits per heavy atom. The minimum atomic E-state index is -1.90. The van der Waals surface area contributed by atoms with Crippen LogP contribution in [0.2, 0.25) is 0 Å². The maximum absolute atomic E-state index is 13.1. The first-order chi connectivity index (χ1) is 14.2. The van der Waals surface area contributed by atoms with Gasteiger partial charge in [0, 0.05) is 12.6 Å². The molecule has 0 aliphatic rings. The van der Waals surface area contributed by atoms with Gasteiger partial charge in [-0.05, 0) is 30.3 Å². The van der Waals surface area contributed by atoms with Gasteiger partial charge in [-0.25, -0.2) is 14.2 Å². The zero-order valence-corrected chi connectivity index (χ0v) is 15.7. The van der Waals surface area contributed by atoms with E-state index in [-0.39, 0.29) is 23.4 Å². The summed E-state index contributed by atoms with van der Waals surface area (Å²) in [4.78, 5) is 60.2. The molecule has 0 bridgehead atoms. The van der Waals surface area contributed by atoms with Crippen LogP contribution < -0.4 is 16.6 Å². The first kappa shape index (κ1) is 20.6. The predicted octanol–water partition coefficient (Wildman–Crippen LogP) is 0.863. The number of furan rings is 1. The fourth-order valence-electron chi connectivity index (χ4n) is 3.11. The smallest absolute Gasteiger partial charge is 0.332 e. The van der Waals surface area contributed by atoms with E-state index in [1.165, 1.54) is 31.4 Å². The lowest BCUT2D eigenvalue weighted by atomic mass is 10.1. The summed E-state index contributed by atoms with van der Waals surface area (Å²) in [6.07, 6.45) is 0.423. The van der Waals surface area contributed by atoms with Crippen molar-refractivity contribution in [1.82, 2.24) is 9.13 Å². The second kappa shape index (κ2) is 8.07. The molecule has 156 valence electrons. The van der Waals surface area contributed by atoms with Crippen molar-refractivity contribution in [2.24, 2.45) is 0 Å². The number of carboxylic acid groups (broad SMARTS) is 2. The lowest BCUT2D eigenvalue weighted by Gasteiger charge is -2.18. The molecule has 11 nitrogen and oxygen atoms in total. The van der Waals surface area contributed by atoms with Crippen molar-refractivity contribution in [3.05, 3.63) is 63.2 Å². The Hall–Kier alpha value is -4.15. The highest BCUT2D eigenvalue weighted by Crippen LogP contribution is 2.18. The Morgan fingerprint density at radius 2 is 1.90 bits per heavy atom. The fraction of sp³-hybridized carbons (Fsp3) is 0.211. The molecule has 0 aliphatic carbocycles. The van der Waals surface area contributed by atoms with Crippen molar-refractivity contribution in [3.63, 3.8) is 0 Å². The molecular formula is C19H17N3O8. The van der Waals surface area contributed by atoms with Crippen LogP contribution in [0.1, 0.15) is 25.1 Å². The lowest BCUT2D eigenvalue weighted by Crippen LogP contribution is -2.45. The molecule has 0 saturated carbocycles. The molecule has 0 saturated heterocycles. The quantitative estimate of drug-likeness (QED) is 0.512. The summed E-state index contributed by atoms with van der Waals surface area (Å²) in [6.45, 7) is 1.15. The number of carbonyl (C=O) groups excluding carboxylic acids is 1. The minimum Gasteiger partial charge on any atom is -0.481 e. The van der Waals surface area contributed by atoms with E-state index < -0.39 is 35.7 Å². The van der Waals surface area contributed by atoms with Crippen molar-refractivity contribution >= 4 is 34.4 Å². The van der Waals surface area contributed by atoms with E-state index in [1.54, 1.807) is 12.1 Å². The number of nitrogens with zero attached hydrogens (tertiary/aromatic N) is 2. The summed E-state index contributed by atoms with van der Waals surface area (Å²) in [6, 6.07) is 5.43. The SMILES string of the molecule is CC(=O)Nc1ccc2c(=O)n(C(CC(=O)O)C(=O)O)c(=O)n(Cc3ccco3)c2c1. The maximum atomic E-state index is 13.1. The van der Waals surface area contributed by atoms with Crippen LogP contribution in [0.3, 0.4) is 0 Å². The molecule has 1 unspecified atom stereocenters. The molecule has 3 N–H and O–H groups in total. The van der Waals surface area contributed by atoms with Crippen LogP contribution in [0.4, 0.5) is 5.69 Å². The van der Waals surface area contributed by atoms with Crippen LogP contribution in [-0.4, -0.2) is 37.2 Å². The van der Waals surface area contributed by atoms with Gasteiger partial charge >= 0.3 is 17.6 Å². The third kappa shape index (κ3) is 3.99. The van der Waals surface area contributed by atoms with Crippen molar-refractivity contribution < 1.29 is 29.0 Å². The van der Waals surface area contributed by atoms with Crippen LogP contribution in [0, 0.1) is 0 Å². The van der Waals surface area contributed by atoms with Gasteiger partial charge in [-0.15, -0.1) is 0 Å². The third-order valence-corrected chi connectivity index (χ3v) is 4.35. The number of carboxylic acids is 2. The molecule has 2 aromatic heterocycles. The van der Waals surface area contributed by atoms with Crippen molar-refractivity contribution in [2.45, 2.75) is 25.9 Å². The van der Waals surface area contributed by atoms with Gasteiger partial charge < -0.3 is 19.9 Å². The normalized spacial score (nSPS) is 11.9. The summed E-state index contributed by atoms with van der Waals surface area (Å²) < 4.78 is 6.76. The van der Waals surface area contributed by atoms with Gasteiger partial charge in [0.05, 0.1) is 30.1 Å². The van der Waals surface area contributed by atoms with Crippen LogP contribution in [-0.2, 0) is 20.9 Å². The summed E-state index contributed by atoms with van der Waals surface area (Å²) >= 11 is 0. The second-order valence-electron chi connectivity index (χ2n) is 6.49. The molecule has 0 fully saturated rings. The first-order valence-corrected chi connectivity index (χ1v) is 8.72. The Bertz CT molecular complexity index is 1250. The molecule has 3 rings (SSSR count). The number of rotatable bonds is 7. The third-order valence-electron chi connectivity index (χ3n) is 4.35. The molecule has 3 aromatic rings. The monoisotopic (exact) mass is 415 g/mol. The van der Waals surface area contributed by atoms with Crippen LogP contribution in [0.25, 0.3) is 10.9 Å². The molecule has 0 aliphatic heterocycles. The van der Waals surface area contributed by atoms with E-state index in [2.05, 4.69) is 5.32 Å². The van der Waals surface area contributed by atoms with Gasteiger partial charge in [0.25, 0.3) is 5.56 Å². The van der Waals surface area contributed by atoms with E-state index >= 15 is 0 Å². The number of aliphatic carboxylic acids is 2. The van der Waals surface area contributed by atoms with Gasteiger partial charge in [-0.3, -0.25) is 19.0 Å². The number of anilines is 1. The number of hydrogen-bond donors (Lipinski definition) is 3. The molecule has 11 heteroatoms. The Kier molecular flexibility index (Phi) is 5.54. The molecule has 1 amide bonds. The second-order valence-corrected chi connectivity index (χ2v) is 6.49. The molecule has 0 spiro atoms. The van der Waals surface area contributed by atoms with Crippen LogP contribution in [0.15, 0.2) is 50.6 Å². The predicted molar refractivity (Wildman–Crippen MR) is 104 cm³/mol. The number of aromatic nitrogens is 2. The van der Waals surface area contributed by atoms with Gasteiger partial charge in [0.15, 0.2) is 0 Å². The summed E-state index contributed by atoms with van der Waals surface area (Å²) in [5, 5.41) is 21.0. The summed E-state index contributed by atoms with van der Waals surface area (Å²) in [5.41, 5.74) is -1.52. The zero-order chi connectivity index (χ0) is 22.0. The maximum Gasteiger partial charge on any atom is 0.332 e. The number of benzene rings is 1. The molecule has 1 aromatic carbocycles. The Morgan fingerprint density at radius 1 is 1.17 bits per heavy atom. The van der Waals surface area contributed by atoms with Gasteiger partial charge in [-0.1, -0.05) is 0 Å². The molecular weight excluding hydrogens is 398 g/mol. The van der Waals surface area contributed by atoms with Crippen LogP contribution in [0.5, 0.6) is 0 Å². The number of amides is 1. The Balaban J connectivity index is 2.34. The average molecular weight is 415 g/mol. The van der Waals surface area contributed by atoms with Crippen molar-refractivity contribution in [3.8, 4) is 0 Å². The lowest BCUT2D eigenvalue weighted by molar-refractivity contribution is -0.147. The van der Waals surface area contributed by atoms with E-state index in [1.807, 2.05) is 0 Å². The van der Waals surface area contributed by atoms with E-state index in [4.69, 9.17) is 9.52 Å². The highest BCUT2D eigenvalue weighted by Gasteiger charge is 2.28. The summed E-state index contributed by atoms with van der Waals surface area (Å²) in [7, 11) is 0. The molecule has 0 radical (unpaired) electrons. The highest BCUT2D eigenvalue weighted by atomic mass is 16.4. The zero-order valence-electron chi connectivity index (χ0n) is 15.7. The molecule has 2 heterocycles. The molecule has 30 heavy (non-hydrogen) atoms. The average Bonchev–Trinajstić information content (AvgIpc) is 3.16. The molecule has 1 atom stereocenters. The first-order valence-electron chi connectivity index (χ1n) is 8.72. The number of carbonyl (C=O) groups is 3.